The summed E-state index contributed by atoms with van der Waals surface area (Å²) in [6, 6.07) is 6.13. The van der Waals surface area contributed by atoms with Crippen molar-refractivity contribution in [1.29, 1.82) is 0 Å². The van der Waals surface area contributed by atoms with Gasteiger partial charge in [-0.3, -0.25) is 14.4 Å². The number of nitrogens with zero attached hydrogens (tertiary/aromatic N) is 1. The molecule has 1 atom stereocenters. The van der Waals surface area contributed by atoms with Crippen molar-refractivity contribution < 1.29 is 19.1 Å². The van der Waals surface area contributed by atoms with E-state index in [-0.39, 0.29) is 36.8 Å². The van der Waals surface area contributed by atoms with E-state index >= 15 is 0 Å². The summed E-state index contributed by atoms with van der Waals surface area (Å²) in [6.07, 6.45) is 2.07. The number of carbonyl (C=O) groups is 3. The standard InChI is InChI=1S/C19H28N4O4/c1-13(2)18(20)19(26)21-11-16(24)22-14-6-5-7-15(10-14)27-12-17(25)23-8-3-4-9-23/h5-7,10,13,18H,3-4,8-9,11-12,20H2,1-2H3,(H,21,26)(H,22,24)/t18-/m0/s1. The number of benzene rings is 1. The van der Waals surface area contributed by atoms with Crippen molar-refractivity contribution in [2.75, 3.05) is 31.6 Å². The summed E-state index contributed by atoms with van der Waals surface area (Å²) in [5.41, 5.74) is 6.25. The van der Waals surface area contributed by atoms with Gasteiger partial charge in [-0.1, -0.05) is 19.9 Å². The smallest absolute Gasteiger partial charge is 0.260 e. The lowest BCUT2D eigenvalue weighted by Crippen LogP contribution is -2.46. The molecule has 8 heteroatoms. The third kappa shape index (κ3) is 6.56. The van der Waals surface area contributed by atoms with Gasteiger partial charge in [-0.15, -0.1) is 0 Å². The monoisotopic (exact) mass is 376 g/mol. The average Bonchev–Trinajstić information content (AvgIpc) is 3.18. The van der Waals surface area contributed by atoms with Crippen LogP contribution in [0.5, 0.6) is 5.75 Å². The molecule has 1 saturated heterocycles. The minimum Gasteiger partial charge on any atom is -0.484 e. The fourth-order valence-corrected chi connectivity index (χ4v) is 2.66. The van der Waals surface area contributed by atoms with Crippen LogP contribution in [0, 0.1) is 5.92 Å². The molecule has 0 aliphatic carbocycles. The van der Waals surface area contributed by atoms with E-state index < -0.39 is 6.04 Å². The van der Waals surface area contributed by atoms with Gasteiger partial charge in [-0.2, -0.15) is 0 Å². The molecule has 2 rings (SSSR count). The van der Waals surface area contributed by atoms with E-state index in [1.165, 1.54) is 0 Å². The number of hydrogen-bond donors (Lipinski definition) is 3. The van der Waals surface area contributed by atoms with E-state index in [1.807, 2.05) is 13.8 Å². The van der Waals surface area contributed by atoms with Crippen LogP contribution in [0.1, 0.15) is 26.7 Å². The Morgan fingerprint density at radius 1 is 1.22 bits per heavy atom. The zero-order chi connectivity index (χ0) is 19.8. The molecule has 0 radical (unpaired) electrons. The summed E-state index contributed by atoms with van der Waals surface area (Å²) < 4.78 is 5.53. The highest BCUT2D eigenvalue weighted by molar-refractivity contribution is 5.95. The van der Waals surface area contributed by atoms with Crippen molar-refractivity contribution in [3.05, 3.63) is 24.3 Å². The zero-order valence-electron chi connectivity index (χ0n) is 15.9. The summed E-state index contributed by atoms with van der Waals surface area (Å²) in [5, 5.41) is 5.19. The molecule has 0 unspecified atom stereocenters. The molecule has 3 amide bonds. The number of rotatable bonds is 8. The van der Waals surface area contributed by atoms with E-state index in [0.29, 0.717) is 11.4 Å². The van der Waals surface area contributed by atoms with Crippen molar-refractivity contribution in [2.45, 2.75) is 32.7 Å². The molecule has 0 spiro atoms. The zero-order valence-corrected chi connectivity index (χ0v) is 15.9. The minimum absolute atomic E-state index is 0.00911. The first-order chi connectivity index (χ1) is 12.9. The van der Waals surface area contributed by atoms with Crippen LogP contribution in [0.2, 0.25) is 0 Å². The first kappa shape index (κ1) is 20.7. The largest absolute Gasteiger partial charge is 0.484 e. The van der Waals surface area contributed by atoms with E-state index in [9.17, 15) is 14.4 Å². The van der Waals surface area contributed by atoms with Crippen molar-refractivity contribution in [2.24, 2.45) is 11.7 Å². The van der Waals surface area contributed by atoms with Gasteiger partial charge < -0.3 is 26.0 Å². The van der Waals surface area contributed by atoms with Gasteiger partial charge in [0, 0.05) is 24.8 Å². The molecule has 0 aromatic heterocycles. The Hall–Kier alpha value is -2.61. The first-order valence-electron chi connectivity index (χ1n) is 9.20. The van der Waals surface area contributed by atoms with Crippen LogP contribution in [0.25, 0.3) is 0 Å². The lowest BCUT2D eigenvalue weighted by atomic mass is 10.1. The summed E-state index contributed by atoms with van der Waals surface area (Å²) in [7, 11) is 0. The number of nitrogens with one attached hydrogen (secondary N) is 2. The Morgan fingerprint density at radius 3 is 2.59 bits per heavy atom. The molecular formula is C19H28N4O4. The maximum atomic E-state index is 12.0. The van der Waals surface area contributed by atoms with Crippen molar-refractivity contribution in [3.63, 3.8) is 0 Å². The highest BCUT2D eigenvalue weighted by atomic mass is 16.5. The van der Waals surface area contributed by atoms with Crippen LogP contribution < -0.4 is 21.1 Å². The van der Waals surface area contributed by atoms with Gasteiger partial charge in [0.1, 0.15) is 5.75 Å². The molecule has 0 bridgehead atoms. The normalized spacial score (nSPS) is 14.7. The van der Waals surface area contributed by atoms with Gasteiger partial charge >= 0.3 is 0 Å². The van der Waals surface area contributed by atoms with Crippen LogP contribution in [-0.4, -0.2) is 54.9 Å². The van der Waals surface area contributed by atoms with Crippen molar-refractivity contribution in [1.82, 2.24) is 10.2 Å². The van der Waals surface area contributed by atoms with E-state index in [2.05, 4.69) is 10.6 Å². The fourth-order valence-electron chi connectivity index (χ4n) is 2.66. The molecule has 0 saturated carbocycles. The molecule has 4 N–H and O–H groups in total. The lowest BCUT2D eigenvalue weighted by Gasteiger charge is -2.16. The van der Waals surface area contributed by atoms with Crippen molar-refractivity contribution in [3.8, 4) is 5.75 Å². The molecule has 1 heterocycles. The average molecular weight is 376 g/mol. The molecule has 1 aromatic carbocycles. The summed E-state index contributed by atoms with van der Waals surface area (Å²) in [5.74, 6) is -0.287. The Bertz CT molecular complexity index is 671. The number of ether oxygens (including phenoxy) is 1. The van der Waals surface area contributed by atoms with Gasteiger partial charge in [-0.05, 0) is 30.9 Å². The topological polar surface area (TPSA) is 114 Å². The van der Waals surface area contributed by atoms with Gasteiger partial charge in [0.15, 0.2) is 6.61 Å². The second-order valence-corrected chi connectivity index (χ2v) is 6.94. The molecule has 1 aliphatic rings. The summed E-state index contributed by atoms with van der Waals surface area (Å²) in [4.78, 5) is 37.6. The predicted molar refractivity (Wildman–Crippen MR) is 102 cm³/mol. The quantitative estimate of drug-likeness (QED) is 0.619. The third-order valence-electron chi connectivity index (χ3n) is 4.38. The lowest BCUT2D eigenvalue weighted by molar-refractivity contribution is -0.132. The number of carbonyl (C=O) groups excluding carboxylic acids is 3. The number of hydrogen-bond acceptors (Lipinski definition) is 5. The Balaban J connectivity index is 1.79. The Kier molecular flexibility index (Phi) is 7.60. The van der Waals surface area contributed by atoms with Gasteiger partial charge in [-0.25, -0.2) is 0 Å². The van der Waals surface area contributed by atoms with Gasteiger partial charge in [0.25, 0.3) is 5.91 Å². The molecule has 27 heavy (non-hydrogen) atoms. The van der Waals surface area contributed by atoms with Crippen LogP contribution in [0.3, 0.4) is 0 Å². The van der Waals surface area contributed by atoms with Crippen LogP contribution in [0.15, 0.2) is 24.3 Å². The maximum Gasteiger partial charge on any atom is 0.260 e. The third-order valence-corrected chi connectivity index (χ3v) is 4.38. The van der Waals surface area contributed by atoms with Gasteiger partial charge in [0.2, 0.25) is 11.8 Å². The van der Waals surface area contributed by atoms with Crippen molar-refractivity contribution >= 4 is 23.4 Å². The number of amides is 3. The number of nitrogens with two attached hydrogens (primary N) is 1. The number of anilines is 1. The highest BCUT2D eigenvalue weighted by Crippen LogP contribution is 2.18. The fraction of sp³-hybridized carbons (Fsp3) is 0.526. The summed E-state index contributed by atoms with van der Waals surface area (Å²) in [6.45, 7) is 5.04. The maximum absolute atomic E-state index is 12.0. The molecule has 8 nitrogen and oxygen atoms in total. The highest BCUT2D eigenvalue weighted by Gasteiger charge is 2.19. The minimum atomic E-state index is -0.650. The SMILES string of the molecule is CC(C)[C@H](N)C(=O)NCC(=O)Nc1cccc(OCC(=O)N2CCCC2)c1. The molecule has 1 fully saturated rings. The molecular weight excluding hydrogens is 348 g/mol. The predicted octanol–water partition coefficient (Wildman–Crippen LogP) is 0.726. The van der Waals surface area contributed by atoms with E-state index in [1.54, 1.807) is 29.2 Å². The van der Waals surface area contributed by atoms with E-state index in [4.69, 9.17) is 10.5 Å². The van der Waals surface area contributed by atoms with Crippen LogP contribution in [0.4, 0.5) is 5.69 Å². The van der Waals surface area contributed by atoms with E-state index in [0.717, 1.165) is 25.9 Å². The van der Waals surface area contributed by atoms with Gasteiger partial charge in [0.05, 0.1) is 12.6 Å². The first-order valence-corrected chi connectivity index (χ1v) is 9.20. The molecule has 148 valence electrons. The number of likely N-dealkylation sites (tertiary alicyclic amines) is 1. The van der Waals surface area contributed by atoms with Crippen LogP contribution >= 0.6 is 0 Å². The Morgan fingerprint density at radius 2 is 1.93 bits per heavy atom. The molecule has 1 aliphatic heterocycles. The summed E-state index contributed by atoms with van der Waals surface area (Å²) >= 11 is 0. The molecule has 1 aromatic rings. The van der Waals surface area contributed by atoms with Crippen LogP contribution in [-0.2, 0) is 14.4 Å². The second kappa shape index (κ2) is 9.91. The second-order valence-electron chi connectivity index (χ2n) is 6.94. The Labute approximate surface area is 159 Å².